The van der Waals surface area contributed by atoms with Gasteiger partial charge in [-0.3, -0.25) is 0 Å². The average Bonchev–Trinajstić information content (AvgIpc) is 2.29. The number of benzene rings is 1. The van der Waals surface area contributed by atoms with Crippen molar-refractivity contribution in [3.63, 3.8) is 0 Å². The van der Waals surface area contributed by atoms with Gasteiger partial charge in [0.2, 0.25) is 0 Å². The van der Waals surface area contributed by atoms with E-state index in [0.29, 0.717) is 5.57 Å². The Kier molecular flexibility index (Phi) is 4.18. The lowest BCUT2D eigenvalue weighted by Crippen LogP contribution is -2.00. The highest BCUT2D eigenvalue weighted by molar-refractivity contribution is 5.88. The summed E-state index contributed by atoms with van der Waals surface area (Å²) in [6.45, 7) is 1.67. The summed E-state index contributed by atoms with van der Waals surface area (Å²) < 4.78 is 4.54. The maximum atomic E-state index is 11.0. The van der Waals surface area contributed by atoms with E-state index in [1.165, 1.54) is 7.11 Å². The third-order valence-corrected chi connectivity index (χ3v) is 1.79. The molecule has 0 spiro atoms. The van der Waals surface area contributed by atoms with E-state index in [2.05, 4.69) is 16.6 Å². The molecule has 0 unspecified atom stereocenters. The molecule has 0 saturated carbocycles. The van der Waals surface area contributed by atoms with Crippen LogP contribution >= 0.6 is 0 Å². The van der Waals surface area contributed by atoms with Crippen LogP contribution in [0.4, 0.5) is 0 Å². The van der Waals surface area contributed by atoms with E-state index in [-0.39, 0.29) is 5.97 Å². The van der Waals surface area contributed by atoms with E-state index >= 15 is 0 Å². The molecule has 0 saturated heterocycles. The van der Waals surface area contributed by atoms with E-state index in [9.17, 15) is 4.79 Å². The molecular weight excluding hydrogens is 188 g/mol. The molecule has 1 aromatic rings. The van der Waals surface area contributed by atoms with E-state index in [1.54, 1.807) is 13.0 Å². The highest BCUT2D eigenvalue weighted by Crippen LogP contribution is 1.96. The molecule has 0 aromatic heterocycles. The first kappa shape index (κ1) is 11.1. The second-order valence-corrected chi connectivity index (χ2v) is 2.95. The molecular formula is C13H12O2. The summed E-state index contributed by atoms with van der Waals surface area (Å²) in [5, 5.41) is 0. The Hall–Kier alpha value is -2.01. The Balaban J connectivity index is 2.72. The van der Waals surface area contributed by atoms with Crippen LogP contribution in [0.1, 0.15) is 12.5 Å². The molecule has 0 aliphatic rings. The number of hydrogen-bond acceptors (Lipinski definition) is 2. The van der Waals surface area contributed by atoms with Crippen molar-refractivity contribution in [1.29, 1.82) is 0 Å². The molecule has 0 N–H and O–H groups in total. The van der Waals surface area contributed by atoms with Crippen LogP contribution in [0.5, 0.6) is 0 Å². The van der Waals surface area contributed by atoms with Gasteiger partial charge in [-0.15, -0.1) is 0 Å². The molecule has 0 amide bonds. The van der Waals surface area contributed by atoms with Crippen molar-refractivity contribution in [2.24, 2.45) is 0 Å². The van der Waals surface area contributed by atoms with Crippen LogP contribution < -0.4 is 0 Å². The van der Waals surface area contributed by atoms with Gasteiger partial charge in [-0.05, 0) is 25.1 Å². The molecule has 0 bridgehead atoms. The van der Waals surface area contributed by atoms with Gasteiger partial charge in [0.25, 0.3) is 0 Å². The summed E-state index contributed by atoms with van der Waals surface area (Å²) in [5.74, 6) is 5.37. The number of rotatable bonds is 1. The van der Waals surface area contributed by atoms with Crippen LogP contribution in [0.25, 0.3) is 0 Å². The minimum Gasteiger partial charge on any atom is -0.466 e. The lowest BCUT2D eigenvalue weighted by Gasteiger charge is -1.94. The fraction of sp³-hybridized carbons (Fsp3) is 0.154. The number of esters is 1. The standard InChI is InChI=1S/C13H12O2/c1-11(13(14)15-2)7-6-10-12-8-4-3-5-9-12/h3-5,7-9H,1-2H3. The van der Waals surface area contributed by atoms with Gasteiger partial charge in [0.15, 0.2) is 0 Å². The van der Waals surface area contributed by atoms with Crippen molar-refractivity contribution in [1.82, 2.24) is 0 Å². The van der Waals surface area contributed by atoms with Crippen molar-refractivity contribution in [3.05, 3.63) is 47.5 Å². The zero-order valence-corrected chi connectivity index (χ0v) is 8.78. The van der Waals surface area contributed by atoms with Crippen molar-refractivity contribution in [2.75, 3.05) is 7.11 Å². The predicted molar refractivity (Wildman–Crippen MR) is 59.1 cm³/mol. The third-order valence-electron chi connectivity index (χ3n) is 1.79. The van der Waals surface area contributed by atoms with Crippen LogP contribution in [0, 0.1) is 11.8 Å². The first-order valence-corrected chi connectivity index (χ1v) is 4.55. The Morgan fingerprint density at radius 3 is 2.60 bits per heavy atom. The number of ether oxygens (including phenoxy) is 1. The van der Waals surface area contributed by atoms with Crippen molar-refractivity contribution >= 4 is 5.97 Å². The molecule has 0 fully saturated rings. The summed E-state index contributed by atoms with van der Waals surface area (Å²) in [4.78, 5) is 11.0. The molecule has 15 heavy (non-hydrogen) atoms. The van der Waals surface area contributed by atoms with Gasteiger partial charge in [0, 0.05) is 11.1 Å². The molecule has 2 nitrogen and oxygen atoms in total. The Morgan fingerprint density at radius 1 is 1.33 bits per heavy atom. The first-order chi connectivity index (χ1) is 7.24. The molecule has 1 rings (SSSR count). The molecule has 0 aliphatic carbocycles. The fourth-order valence-electron chi connectivity index (χ4n) is 0.969. The Bertz CT molecular complexity index is 419. The number of methoxy groups -OCH3 is 1. The van der Waals surface area contributed by atoms with Crippen LogP contribution in [0.3, 0.4) is 0 Å². The second kappa shape index (κ2) is 5.66. The van der Waals surface area contributed by atoms with Gasteiger partial charge in [0.1, 0.15) is 0 Å². The second-order valence-electron chi connectivity index (χ2n) is 2.95. The molecule has 2 heteroatoms. The van der Waals surface area contributed by atoms with Crippen molar-refractivity contribution in [2.45, 2.75) is 6.92 Å². The molecule has 0 heterocycles. The van der Waals surface area contributed by atoms with Gasteiger partial charge in [-0.1, -0.05) is 30.0 Å². The quantitative estimate of drug-likeness (QED) is 0.394. The zero-order chi connectivity index (χ0) is 11.1. The predicted octanol–water partition coefficient (Wildman–Crippen LogP) is 2.16. The number of allylic oxidation sites excluding steroid dienone is 1. The monoisotopic (exact) mass is 200 g/mol. The van der Waals surface area contributed by atoms with E-state index in [4.69, 9.17) is 0 Å². The van der Waals surface area contributed by atoms with Gasteiger partial charge in [0.05, 0.1) is 7.11 Å². The largest absolute Gasteiger partial charge is 0.466 e. The van der Waals surface area contributed by atoms with Gasteiger partial charge in [-0.25, -0.2) is 4.79 Å². The lowest BCUT2D eigenvalue weighted by atomic mass is 10.2. The number of hydrogen-bond donors (Lipinski definition) is 0. The normalized spacial score (nSPS) is 10.1. The molecule has 0 aliphatic heterocycles. The summed E-state index contributed by atoms with van der Waals surface area (Å²) in [6, 6.07) is 9.59. The minimum absolute atomic E-state index is 0.350. The van der Waals surface area contributed by atoms with Crippen LogP contribution in [-0.2, 0) is 9.53 Å². The minimum atomic E-state index is -0.350. The van der Waals surface area contributed by atoms with E-state index < -0.39 is 0 Å². The summed E-state index contributed by atoms with van der Waals surface area (Å²) in [7, 11) is 1.35. The molecule has 1 aromatic carbocycles. The SMILES string of the molecule is COC(=O)C(C)=CC#Cc1ccccc1. The number of carbonyl (C=O) groups excluding carboxylic acids is 1. The van der Waals surface area contributed by atoms with Crippen LogP contribution in [0.2, 0.25) is 0 Å². The third kappa shape index (κ3) is 3.70. The van der Waals surface area contributed by atoms with Gasteiger partial charge in [-0.2, -0.15) is 0 Å². The summed E-state index contributed by atoms with van der Waals surface area (Å²) >= 11 is 0. The van der Waals surface area contributed by atoms with E-state index in [1.807, 2.05) is 30.3 Å². The van der Waals surface area contributed by atoms with Gasteiger partial charge < -0.3 is 4.74 Å². The van der Waals surface area contributed by atoms with Crippen LogP contribution in [0.15, 0.2) is 42.0 Å². The van der Waals surface area contributed by atoms with E-state index in [0.717, 1.165) is 5.56 Å². The Morgan fingerprint density at radius 2 is 2.00 bits per heavy atom. The molecule has 0 radical (unpaired) electrons. The topological polar surface area (TPSA) is 26.3 Å². The Labute approximate surface area is 89.6 Å². The summed E-state index contributed by atoms with van der Waals surface area (Å²) in [6.07, 6.45) is 1.55. The summed E-state index contributed by atoms with van der Waals surface area (Å²) in [5.41, 5.74) is 1.42. The first-order valence-electron chi connectivity index (χ1n) is 4.55. The highest BCUT2D eigenvalue weighted by atomic mass is 16.5. The van der Waals surface area contributed by atoms with Gasteiger partial charge >= 0.3 is 5.97 Å². The lowest BCUT2D eigenvalue weighted by molar-refractivity contribution is -0.136. The maximum absolute atomic E-state index is 11.0. The zero-order valence-electron chi connectivity index (χ0n) is 8.78. The maximum Gasteiger partial charge on any atom is 0.334 e. The van der Waals surface area contributed by atoms with Crippen molar-refractivity contribution in [3.8, 4) is 11.8 Å². The number of carbonyl (C=O) groups is 1. The van der Waals surface area contributed by atoms with Crippen LogP contribution in [-0.4, -0.2) is 13.1 Å². The smallest absolute Gasteiger partial charge is 0.334 e. The fourth-order valence-corrected chi connectivity index (χ4v) is 0.969. The highest BCUT2D eigenvalue weighted by Gasteiger charge is 1.99. The molecule has 76 valence electrons. The van der Waals surface area contributed by atoms with Crippen molar-refractivity contribution < 1.29 is 9.53 Å². The average molecular weight is 200 g/mol. The molecule has 0 atom stereocenters.